The minimum atomic E-state index is -3.81. The maximum absolute atomic E-state index is 12.0. The summed E-state index contributed by atoms with van der Waals surface area (Å²) in [5.41, 5.74) is 0.823. The van der Waals surface area contributed by atoms with E-state index in [9.17, 15) is 13.2 Å². The molecular formula is C13H17NO4S. The number of amides is 1. The summed E-state index contributed by atoms with van der Waals surface area (Å²) >= 11 is 0. The van der Waals surface area contributed by atoms with Crippen LogP contribution in [0.2, 0.25) is 0 Å². The average Bonchev–Trinajstić information content (AvgIpc) is 2.39. The van der Waals surface area contributed by atoms with Crippen molar-refractivity contribution in [3.63, 3.8) is 0 Å². The second kappa shape index (κ2) is 5.71. The first-order valence-electron chi connectivity index (χ1n) is 6.24. The Labute approximate surface area is 113 Å². The summed E-state index contributed by atoms with van der Waals surface area (Å²) in [6.45, 7) is 2.30. The molecule has 1 N–H and O–H groups in total. The second-order valence-corrected chi connectivity index (χ2v) is 6.32. The molecule has 1 saturated heterocycles. The fourth-order valence-corrected chi connectivity index (χ4v) is 3.10. The van der Waals surface area contributed by atoms with E-state index in [-0.39, 0.29) is 4.90 Å². The van der Waals surface area contributed by atoms with Gasteiger partial charge in [0.1, 0.15) is 6.10 Å². The summed E-state index contributed by atoms with van der Waals surface area (Å²) in [4.78, 5) is 12.0. The molecule has 0 aromatic heterocycles. The summed E-state index contributed by atoms with van der Waals surface area (Å²) in [5, 5.41) is 0. The zero-order chi connectivity index (χ0) is 13.9. The van der Waals surface area contributed by atoms with E-state index in [4.69, 9.17) is 4.74 Å². The lowest BCUT2D eigenvalue weighted by molar-refractivity contribution is -0.133. The molecule has 1 heterocycles. The summed E-state index contributed by atoms with van der Waals surface area (Å²) in [5.74, 6) is -0.582. The zero-order valence-electron chi connectivity index (χ0n) is 10.8. The van der Waals surface area contributed by atoms with Crippen LogP contribution >= 0.6 is 0 Å². The standard InChI is InChI=1S/C13H17NO4S/c1-10-5-4-6-11(9-10)19(16,17)14-13(15)12-7-2-3-8-18-12/h4-6,9,12H,2-3,7-8H2,1H3,(H,14,15). The molecule has 0 radical (unpaired) electrons. The molecule has 5 nitrogen and oxygen atoms in total. The predicted molar refractivity (Wildman–Crippen MR) is 70.1 cm³/mol. The number of hydrogen-bond acceptors (Lipinski definition) is 4. The van der Waals surface area contributed by atoms with Crippen molar-refractivity contribution in [2.24, 2.45) is 0 Å². The van der Waals surface area contributed by atoms with Crippen LogP contribution < -0.4 is 4.72 Å². The Morgan fingerprint density at radius 2 is 2.16 bits per heavy atom. The molecule has 6 heteroatoms. The van der Waals surface area contributed by atoms with Crippen LogP contribution in [0, 0.1) is 6.92 Å². The van der Waals surface area contributed by atoms with Crippen LogP contribution in [-0.2, 0) is 19.6 Å². The SMILES string of the molecule is Cc1cccc(S(=O)(=O)NC(=O)C2CCCCO2)c1. The van der Waals surface area contributed by atoms with Gasteiger partial charge < -0.3 is 4.74 Å². The largest absolute Gasteiger partial charge is 0.368 e. The van der Waals surface area contributed by atoms with E-state index in [0.29, 0.717) is 13.0 Å². The molecule has 0 aliphatic carbocycles. The number of sulfonamides is 1. The third kappa shape index (κ3) is 3.54. The van der Waals surface area contributed by atoms with E-state index < -0.39 is 22.0 Å². The predicted octanol–water partition coefficient (Wildman–Crippen LogP) is 1.37. The molecule has 1 atom stereocenters. The number of rotatable bonds is 3. The molecule has 1 aliphatic rings. The molecule has 0 bridgehead atoms. The van der Waals surface area contributed by atoms with Crippen molar-refractivity contribution < 1.29 is 17.9 Å². The Kier molecular flexibility index (Phi) is 4.21. The monoisotopic (exact) mass is 283 g/mol. The van der Waals surface area contributed by atoms with Gasteiger partial charge in [-0.05, 0) is 43.9 Å². The van der Waals surface area contributed by atoms with E-state index in [1.165, 1.54) is 12.1 Å². The van der Waals surface area contributed by atoms with Crippen LogP contribution in [0.5, 0.6) is 0 Å². The Balaban J connectivity index is 2.10. The van der Waals surface area contributed by atoms with Crippen LogP contribution in [0.1, 0.15) is 24.8 Å². The zero-order valence-corrected chi connectivity index (χ0v) is 11.6. The fourth-order valence-electron chi connectivity index (χ4n) is 1.99. The highest BCUT2D eigenvalue weighted by Crippen LogP contribution is 2.15. The molecular weight excluding hydrogens is 266 g/mol. The van der Waals surface area contributed by atoms with E-state index in [1.54, 1.807) is 19.1 Å². The van der Waals surface area contributed by atoms with Crippen molar-refractivity contribution in [2.75, 3.05) is 6.61 Å². The highest BCUT2D eigenvalue weighted by molar-refractivity contribution is 7.90. The lowest BCUT2D eigenvalue weighted by Gasteiger charge is -2.21. The van der Waals surface area contributed by atoms with Crippen LogP contribution in [-0.4, -0.2) is 27.0 Å². The molecule has 104 valence electrons. The van der Waals surface area contributed by atoms with Gasteiger partial charge in [-0.15, -0.1) is 0 Å². The molecule has 1 fully saturated rings. The normalized spacial score (nSPS) is 19.9. The number of carbonyl (C=O) groups excluding carboxylic acids is 1. The van der Waals surface area contributed by atoms with Crippen LogP contribution in [0.3, 0.4) is 0 Å². The second-order valence-electron chi connectivity index (χ2n) is 4.64. The molecule has 0 spiro atoms. The van der Waals surface area contributed by atoms with E-state index in [2.05, 4.69) is 4.72 Å². The fraction of sp³-hybridized carbons (Fsp3) is 0.462. The van der Waals surface area contributed by atoms with Crippen molar-refractivity contribution in [3.8, 4) is 0 Å². The van der Waals surface area contributed by atoms with Gasteiger partial charge in [-0.1, -0.05) is 12.1 Å². The number of hydrogen-bond donors (Lipinski definition) is 1. The molecule has 19 heavy (non-hydrogen) atoms. The Morgan fingerprint density at radius 3 is 2.79 bits per heavy atom. The summed E-state index contributed by atoms with van der Waals surface area (Å²) in [7, 11) is -3.81. The number of carbonyl (C=O) groups is 1. The lowest BCUT2D eigenvalue weighted by Crippen LogP contribution is -2.41. The minimum absolute atomic E-state index is 0.0941. The highest BCUT2D eigenvalue weighted by atomic mass is 32.2. The highest BCUT2D eigenvalue weighted by Gasteiger charge is 2.26. The Hall–Kier alpha value is -1.40. The van der Waals surface area contributed by atoms with Gasteiger partial charge in [-0.2, -0.15) is 0 Å². The van der Waals surface area contributed by atoms with Gasteiger partial charge in [-0.3, -0.25) is 4.79 Å². The van der Waals surface area contributed by atoms with E-state index >= 15 is 0 Å². The molecule has 1 amide bonds. The minimum Gasteiger partial charge on any atom is -0.368 e. The summed E-state index contributed by atoms with van der Waals surface area (Å²) in [6, 6.07) is 6.43. The van der Waals surface area contributed by atoms with Gasteiger partial charge >= 0.3 is 0 Å². The van der Waals surface area contributed by atoms with Crippen molar-refractivity contribution in [1.82, 2.24) is 4.72 Å². The van der Waals surface area contributed by atoms with Gasteiger partial charge in [0.25, 0.3) is 15.9 Å². The van der Waals surface area contributed by atoms with E-state index in [1.807, 2.05) is 0 Å². The van der Waals surface area contributed by atoms with Crippen LogP contribution in [0.25, 0.3) is 0 Å². The van der Waals surface area contributed by atoms with Gasteiger partial charge in [0.2, 0.25) is 0 Å². The molecule has 0 saturated carbocycles. The smallest absolute Gasteiger partial charge is 0.264 e. The van der Waals surface area contributed by atoms with Crippen molar-refractivity contribution in [1.29, 1.82) is 0 Å². The molecule has 1 unspecified atom stereocenters. The lowest BCUT2D eigenvalue weighted by atomic mass is 10.1. The quantitative estimate of drug-likeness (QED) is 0.909. The summed E-state index contributed by atoms with van der Waals surface area (Å²) in [6.07, 6.45) is 1.69. The average molecular weight is 283 g/mol. The molecule has 1 aromatic carbocycles. The maximum Gasteiger partial charge on any atom is 0.264 e. The van der Waals surface area contributed by atoms with Crippen molar-refractivity contribution >= 4 is 15.9 Å². The van der Waals surface area contributed by atoms with Crippen molar-refractivity contribution in [3.05, 3.63) is 29.8 Å². The van der Waals surface area contributed by atoms with Crippen molar-refractivity contribution in [2.45, 2.75) is 37.2 Å². The summed E-state index contributed by atoms with van der Waals surface area (Å²) < 4.78 is 31.4. The molecule has 1 aromatic rings. The molecule has 2 rings (SSSR count). The topological polar surface area (TPSA) is 72.5 Å². The molecule has 1 aliphatic heterocycles. The third-order valence-electron chi connectivity index (χ3n) is 3.01. The van der Waals surface area contributed by atoms with Gasteiger partial charge in [0.15, 0.2) is 0 Å². The Morgan fingerprint density at radius 1 is 1.37 bits per heavy atom. The first-order valence-corrected chi connectivity index (χ1v) is 7.72. The van der Waals surface area contributed by atoms with Gasteiger partial charge in [0, 0.05) is 6.61 Å². The number of nitrogens with one attached hydrogen (secondary N) is 1. The maximum atomic E-state index is 12.0. The third-order valence-corrected chi connectivity index (χ3v) is 4.35. The number of ether oxygens (including phenoxy) is 1. The van der Waals surface area contributed by atoms with Crippen LogP contribution in [0.4, 0.5) is 0 Å². The first kappa shape index (κ1) is 14.0. The first-order chi connectivity index (χ1) is 8.99. The number of benzene rings is 1. The van der Waals surface area contributed by atoms with Crippen LogP contribution in [0.15, 0.2) is 29.2 Å². The van der Waals surface area contributed by atoms with Gasteiger partial charge in [0.05, 0.1) is 4.90 Å². The van der Waals surface area contributed by atoms with Gasteiger partial charge in [-0.25, -0.2) is 13.1 Å². The van der Waals surface area contributed by atoms with E-state index in [0.717, 1.165) is 18.4 Å². The Bertz CT molecular complexity index is 562. The number of aryl methyl sites for hydroxylation is 1.